The van der Waals surface area contributed by atoms with Crippen molar-refractivity contribution in [2.75, 3.05) is 6.61 Å². The summed E-state index contributed by atoms with van der Waals surface area (Å²) >= 11 is 0. The van der Waals surface area contributed by atoms with E-state index in [2.05, 4.69) is 0 Å². The van der Waals surface area contributed by atoms with Crippen LogP contribution >= 0.6 is 0 Å². The quantitative estimate of drug-likeness (QED) is 0.761. The first-order valence-electron chi connectivity index (χ1n) is 5.42. The first kappa shape index (κ1) is 9.19. The number of aliphatic hydroxyl groups excluding tert-OH is 1. The summed E-state index contributed by atoms with van der Waals surface area (Å²) in [4.78, 5) is 0. The van der Waals surface area contributed by atoms with Crippen molar-refractivity contribution in [2.45, 2.75) is 30.9 Å². The van der Waals surface area contributed by atoms with E-state index in [1.165, 1.54) is 5.56 Å². The second kappa shape index (κ2) is 2.97. The van der Waals surface area contributed by atoms with Crippen LogP contribution in [0.5, 0.6) is 5.75 Å². The molecule has 0 saturated heterocycles. The predicted molar refractivity (Wildman–Crippen MR) is 56.8 cm³/mol. The maximum atomic E-state index is 10.1. The van der Waals surface area contributed by atoms with Crippen molar-refractivity contribution in [3.63, 3.8) is 0 Å². The van der Waals surface area contributed by atoms with Gasteiger partial charge in [0, 0.05) is 12.0 Å². The molecule has 3 nitrogen and oxygen atoms in total. The number of aliphatic hydroxyl groups is 1. The number of hydrogen-bond acceptors (Lipinski definition) is 3. The molecule has 1 heterocycles. The van der Waals surface area contributed by atoms with Crippen molar-refractivity contribution >= 4 is 0 Å². The molecule has 0 aromatic heterocycles. The van der Waals surface area contributed by atoms with E-state index in [1.807, 2.05) is 18.2 Å². The number of benzene rings is 1. The van der Waals surface area contributed by atoms with Crippen LogP contribution in [-0.4, -0.2) is 17.3 Å². The van der Waals surface area contributed by atoms with E-state index in [0.717, 1.165) is 37.2 Å². The zero-order valence-corrected chi connectivity index (χ0v) is 8.57. The predicted octanol–water partition coefficient (Wildman–Crippen LogP) is 1.15. The molecule has 80 valence electrons. The molecule has 1 aromatic rings. The molecule has 3 heteroatoms. The summed E-state index contributed by atoms with van der Waals surface area (Å²) < 4.78 is 5.42. The highest BCUT2D eigenvalue weighted by Gasteiger charge is 2.45. The van der Waals surface area contributed by atoms with Crippen LogP contribution in [-0.2, 0) is 6.42 Å². The summed E-state index contributed by atoms with van der Waals surface area (Å²) in [5.74, 6) is 0.952. The Morgan fingerprint density at radius 3 is 2.93 bits per heavy atom. The fourth-order valence-electron chi connectivity index (χ4n) is 2.13. The van der Waals surface area contributed by atoms with Gasteiger partial charge in [0.05, 0.1) is 12.7 Å². The summed E-state index contributed by atoms with van der Waals surface area (Å²) in [6.07, 6.45) is 2.25. The van der Waals surface area contributed by atoms with E-state index in [1.54, 1.807) is 0 Å². The van der Waals surface area contributed by atoms with Gasteiger partial charge in [-0.2, -0.15) is 0 Å². The van der Waals surface area contributed by atoms with Crippen molar-refractivity contribution in [3.05, 3.63) is 29.3 Å². The zero-order chi connectivity index (χ0) is 10.5. The Balaban J connectivity index is 1.92. The second-order valence-electron chi connectivity index (χ2n) is 4.60. The number of fused-ring (bicyclic) bond motifs is 1. The Morgan fingerprint density at radius 2 is 2.20 bits per heavy atom. The molecule has 0 bridgehead atoms. The molecular formula is C12H15NO2. The van der Waals surface area contributed by atoms with Crippen LogP contribution in [0.15, 0.2) is 18.2 Å². The first-order valence-corrected chi connectivity index (χ1v) is 5.42. The van der Waals surface area contributed by atoms with Crippen LogP contribution in [0, 0.1) is 0 Å². The highest BCUT2D eigenvalue weighted by atomic mass is 16.5. The van der Waals surface area contributed by atoms with E-state index < -0.39 is 6.10 Å². The van der Waals surface area contributed by atoms with Crippen molar-refractivity contribution in [2.24, 2.45) is 5.73 Å². The fraction of sp³-hybridized carbons (Fsp3) is 0.500. The lowest BCUT2D eigenvalue weighted by atomic mass is 9.98. The minimum absolute atomic E-state index is 0.367. The topological polar surface area (TPSA) is 55.5 Å². The SMILES string of the molecule is NC1(C(O)c2ccc3c(c2)CCO3)CC1. The highest BCUT2D eigenvalue weighted by Crippen LogP contribution is 2.44. The summed E-state index contributed by atoms with van der Waals surface area (Å²) in [5.41, 5.74) is 7.74. The molecule has 2 aliphatic rings. The van der Waals surface area contributed by atoms with E-state index in [9.17, 15) is 5.11 Å². The Hall–Kier alpha value is -1.06. The molecule has 1 aliphatic carbocycles. The normalized spacial score (nSPS) is 23.1. The Morgan fingerprint density at radius 1 is 1.40 bits per heavy atom. The van der Waals surface area contributed by atoms with Crippen molar-refractivity contribution < 1.29 is 9.84 Å². The third kappa shape index (κ3) is 1.43. The van der Waals surface area contributed by atoms with Gasteiger partial charge in [-0.05, 0) is 36.1 Å². The van der Waals surface area contributed by atoms with Gasteiger partial charge in [0.2, 0.25) is 0 Å². The van der Waals surface area contributed by atoms with Gasteiger partial charge in [0.1, 0.15) is 5.75 Å². The minimum atomic E-state index is -0.525. The molecule has 0 radical (unpaired) electrons. The summed E-state index contributed by atoms with van der Waals surface area (Å²) in [5, 5.41) is 10.1. The summed E-state index contributed by atoms with van der Waals surface area (Å²) in [6.45, 7) is 0.753. The average molecular weight is 205 g/mol. The first-order chi connectivity index (χ1) is 7.19. The van der Waals surface area contributed by atoms with Crippen LogP contribution < -0.4 is 10.5 Å². The largest absolute Gasteiger partial charge is 0.493 e. The van der Waals surface area contributed by atoms with Gasteiger partial charge < -0.3 is 15.6 Å². The van der Waals surface area contributed by atoms with Crippen LogP contribution in [0.1, 0.15) is 30.1 Å². The third-order valence-corrected chi connectivity index (χ3v) is 3.40. The van der Waals surface area contributed by atoms with Gasteiger partial charge in [-0.3, -0.25) is 0 Å². The van der Waals surface area contributed by atoms with Gasteiger partial charge in [0.15, 0.2) is 0 Å². The van der Waals surface area contributed by atoms with E-state index >= 15 is 0 Å². The molecule has 1 aliphatic heterocycles. The van der Waals surface area contributed by atoms with Crippen molar-refractivity contribution in [1.29, 1.82) is 0 Å². The molecule has 1 saturated carbocycles. The fourth-order valence-corrected chi connectivity index (χ4v) is 2.13. The molecule has 15 heavy (non-hydrogen) atoms. The molecule has 1 atom stereocenters. The lowest BCUT2D eigenvalue weighted by Gasteiger charge is -2.18. The van der Waals surface area contributed by atoms with Crippen molar-refractivity contribution in [1.82, 2.24) is 0 Å². The van der Waals surface area contributed by atoms with E-state index in [4.69, 9.17) is 10.5 Å². The summed E-state index contributed by atoms with van der Waals surface area (Å²) in [7, 11) is 0. The van der Waals surface area contributed by atoms with Gasteiger partial charge in [0.25, 0.3) is 0 Å². The molecular weight excluding hydrogens is 190 g/mol. The number of hydrogen-bond donors (Lipinski definition) is 2. The maximum Gasteiger partial charge on any atom is 0.122 e. The van der Waals surface area contributed by atoms with Gasteiger partial charge in [-0.1, -0.05) is 6.07 Å². The second-order valence-corrected chi connectivity index (χ2v) is 4.60. The lowest BCUT2D eigenvalue weighted by molar-refractivity contribution is 0.136. The van der Waals surface area contributed by atoms with Crippen LogP contribution in [0.25, 0.3) is 0 Å². The van der Waals surface area contributed by atoms with Gasteiger partial charge >= 0.3 is 0 Å². The minimum Gasteiger partial charge on any atom is -0.493 e. The number of nitrogens with two attached hydrogens (primary N) is 1. The molecule has 3 rings (SSSR count). The van der Waals surface area contributed by atoms with Gasteiger partial charge in [-0.25, -0.2) is 0 Å². The molecule has 0 spiro atoms. The van der Waals surface area contributed by atoms with Gasteiger partial charge in [-0.15, -0.1) is 0 Å². The van der Waals surface area contributed by atoms with Crippen molar-refractivity contribution in [3.8, 4) is 5.75 Å². The number of rotatable bonds is 2. The van der Waals surface area contributed by atoms with Crippen LogP contribution in [0.2, 0.25) is 0 Å². The monoisotopic (exact) mass is 205 g/mol. The highest BCUT2D eigenvalue weighted by molar-refractivity contribution is 5.41. The van der Waals surface area contributed by atoms with Crippen LogP contribution in [0.4, 0.5) is 0 Å². The Bertz CT molecular complexity index is 399. The maximum absolute atomic E-state index is 10.1. The third-order valence-electron chi connectivity index (χ3n) is 3.40. The molecule has 3 N–H and O–H groups in total. The molecule has 1 fully saturated rings. The Kier molecular flexibility index (Phi) is 1.82. The average Bonchev–Trinajstić information content (AvgIpc) is 2.82. The molecule has 1 unspecified atom stereocenters. The molecule has 1 aromatic carbocycles. The standard InChI is InChI=1S/C12H15NO2/c13-12(4-5-12)11(14)9-1-2-10-8(7-9)3-6-15-10/h1-2,7,11,14H,3-6,13H2. The lowest BCUT2D eigenvalue weighted by Crippen LogP contribution is -2.30. The molecule has 0 amide bonds. The number of ether oxygens (including phenoxy) is 1. The summed E-state index contributed by atoms with van der Waals surface area (Å²) in [6, 6.07) is 5.88. The van der Waals surface area contributed by atoms with E-state index in [-0.39, 0.29) is 5.54 Å². The van der Waals surface area contributed by atoms with E-state index in [0.29, 0.717) is 0 Å². The Labute approximate surface area is 88.9 Å². The van der Waals surface area contributed by atoms with Crippen LogP contribution in [0.3, 0.4) is 0 Å². The zero-order valence-electron chi connectivity index (χ0n) is 8.57. The smallest absolute Gasteiger partial charge is 0.122 e.